The second-order valence-corrected chi connectivity index (χ2v) is 6.29. The number of para-hydroxylation sites is 1. The Bertz CT molecular complexity index is 770. The second kappa shape index (κ2) is 6.87. The third kappa shape index (κ3) is 3.32. The standard InChI is InChI=1S/C20H22N2O2/c1-14-7-5-9-17(13-14)19(23)21-15(2)20(24)22-12-6-10-16-8-3-4-11-18(16)22/h3-5,7-9,11,13,15H,6,10,12H2,1-2H3,(H,21,23). The van der Waals surface area contributed by atoms with E-state index in [9.17, 15) is 9.59 Å². The van der Waals surface area contributed by atoms with Gasteiger partial charge in [-0.1, -0.05) is 35.9 Å². The zero-order chi connectivity index (χ0) is 17.1. The summed E-state index contributed by atoms with van der Waals surface area (Å²) in [6, 6.07) is 14.8. The SMILES string of the molecule is Cc1cccc(C(=O)NC(C)C(=O)N2CCCc3ccccc32)c1. The van der Waals surface area contributed by atoms with Crippen LogP contribution in [0.25, 0.3) is 0 Å². The number of anilines is 1. The molecule has 0 spiro atoms. The highest BCUT2D eigenvalue weighted by Gasteiger charge is 2.27. The number of nitrogens with one attached hydrogen (secondary N) is 1. The Morgan fingerprint density at radius 2 is 1.92 bits per heavy atom. The van der Waals surface area contributed by atoms with Gasteiger partial charge in [0.1, 0.15) is 6.04 Å². The summed E-state index contributed by atoms with van der Waals surface area (Å²) in [5.74, 6) is -0.284. The van der Waals surface area contributed by atoms with Crippen LogP contribution in [0.1, 0.15) is 34.8 Å². The van der Waals surface area contributed by atoms with Crippen molar-refractivity contribution in [1.82, 2.24) is 5.32 Å². The van der Waals surface area contributed by atoms with Crippen LogP contribution in [0.5, 0.6) is 0 Å². The first-order valence-corrected chi connectivity index (χ1v) is 8.33. The molecule has 0 fully saturated rings. The first kappa shape index (κ1) is 16.2. The first-order chi connectivity index (χ1) is 11.6. The number of rotatable bonds is 3. The van der Waals surface area contributed by atoms with Crippen molar-refractivity contribution >= 4 is 17.5 Å². The highest BCUT2D eigenvalue weighted by atomic mass is 16.2. The molecule has 0 radical (unpaired) electrons. The van der Waals surface area contributed by atoms with E-state index < -0.39 is 6.04 Å². The molecule has 0 saturated heterocycles. The molecule has 24 heavy (non-hydrogen) atoms. The Morgan fingerprint density at radius 3 is 2.71 bits per heavy atom. The van der Waals surface area contributed by atoms with Gasteiger partial charge in [0.25, 0.3) is 5.91 Å². The van der Waals surface area contributed by atoms with Gasteiger partial charge in [-0.3, -0.25) is 9.59 Å². The van der Waals surface area contributed by atoms with Gasteiger partial charge in [0.05, 0.1) is 0 Å². The predicted molar refractivity (Wildman–Crippen MR) is 95.2 cm³/mol. The average Bonchev–Trinajstić information content (AvgIpc) is 2.60. The average molecular weight is 322 g/mol. The summed E-state index contributed by atoms with van der Waals surface area (Å²) in [4.78, 5) is 27.0. The van der Waals surface area contributed by atoms with E-state index in [4.69, 9.17) is 0 Å². The quantitative estimate of drug-likeness (QED) is 0.944. The number of aryl methyl sites for hydroxylation is 2. The van der Waals surface area contributed by atoms with Gasteiger partial charge in [0.2, 0.25) is 5.91 Å². The van der Waals surface area contributed by atoms with Crippen LogP contribution in [0.15, 0.2) is 48.5 Å². The molecule has 124 valence electrons. The van der Waals surface area contributed by atoms with Crippen LogP contribution in [0.4, 0.5) is 5.69 Å². The number of carbonyl (C=O) groups is 2. The Balaban J connectivity index is 1.73. The molecular formula is C20H22N2O2. The number of hydrogen-bond acceptors (Lipinski definition) is 2. The van der Waals surface area contributed by atoms with Crippen LogP contribution in [0.2, 0.25) is 0 Å². The van der Waals surface area contributed by atoms with Gasteiger partial charge in [-0.05, 0) is 50.5 Å². The maximum atomic E-state index is 12.8. The monoisotopic (exact) mass is 322 g/mol. The number of amides is 2. The fourth-order valence-electron chi connectivity index (χ4n) is 3.12. The number of nitrogens with zero attached hydrogens (tertiary/aromatic N) is 1. The largest absolute Gasteiger partial charge is 0.341 e. The summed E-state index contributed by atoms with van der Waals surface area (Å²) in [7, 11) is 0. The van der Waals surface area contributed by atoms with E-state index >= 15 is 0 Å². The molecule has 0 saturated carbocycles. The molecule has 4 nitrogen and oxygen atoms in total. The Labute approximate surface area is 142 Å². The molecule has 4 heteroatoms. The van der Waals surface area contributed by atoms with Crippen LogP contribution in [-0.4, -0.2) is 24.4 Å². The number of carbonyl (C=O) groups excluding carboxylic acids is 2. The molecule has 1 atom stereocenters. The van der Waals surface area contributed by atoms with Crippen LogP contribution in [0.3, 0.4) is 0 Å². The lowest BCUT2D eigenvalue weighted by Gasteiger charge is -2.31. The van der Waals surface area contributed by atoms with Crippen molar-refractivity contribution < 1.29 is 9.59 Å². The summed E-state index contributed by atoms with van der Waals surface area (Å²) in [6.07, 6.45) is 1.94. The van der Waals surface area contributed by atoms with Crippen molar-refractivity contribution in [1.29, 1.82) is 0 Å². The molecule has 1 aliphatic heterocycles. The highest BCUT2D eigenvalue weighted by molar-refractivity contribution is 6.02. The Kier molecular flexibility index (Phi) is 4.65. The van der Waals surface area contributed by atoms with Gasteiger partial charge < -0.3 is 10.2 Å². The molecule has 1 unspecified atom stereocenters. The first-order valence-electron chi connectivity index (χ1n) is 8.33. The fraction of sp³-hybridized carbons (Fsp3) is 0.300. The minimum atomic E-state index is -0.566. The van der Waals surface area contributed by atoms with Gasteiger partial charge in [-0.25, -0.2) is 0 Å². The van der Waals surface area contributed by atoms with E-state index in [0.717, 1.165) is 24.1 Å². The molecule has 1 aliphatic rings. The van der Waals surface area contributed by atoms with Crippen LogP contribution >= 0.6 is 0 Å². The van der Waals surface area contributed by atoms with Crippen LogP contribution in [-0.2, 0) is 11.2 Å². The lowest BCUT2D eigenvalue weighted by Crippen LogP contribution is -2.48. The van der Waals surface area contributed by atoms with Gasteiger partial charge in [0.15, 0.2) is 0 Å². The molecule has 1 N–H and O–H groups in total. The minimum Gasteiger partial charge on any atom is -0.341 e. The van der Waals surface area contributed by atoms with E-state index in [-0.39, 0.29) is 11.8 Å². The Hall–Kier alpha value is -2.62. The summed E-state index contributed by atoms with van der Waals surface area (Å²) >= 11 is 0. The molecule has 2 aromatic rings. The zero-order valence-electron chi connectivity index (χ0n) is 14.1. The summed E-state index contributed by atoms with van der Waals surface area (Å²) in [5, 5.41) is 2.82. The molecule has 2 amide bonds. The lowest BCUT2D eigenvalue weighted by atomic mass is 10.0. The molecule has 0 aliphatic carbocycles. The van der Waals surface area contributed by atoms with E-state index in [1.54, 1.807) is 17.9 Å². The normalized spacial score (nSPS) is 14.7. The third-order valence-electron chi connectivity index (χ3n) is 4.37. The van der Waals surface area contributed by atoms with Crippen molar-refractivity contribution in [2.75, 3.05) is 11.4 Å². The maximum Gasteiger partial charge on any atom is 0.251 e. The topological polar surface area (TPSA) is 49.4 Å². The van der Waals surface area contributed by atoms with Gasteiger partial charge >= 0.3 is 0 Å². The Morgan fingerprint density at radius 1 is 1.12 bits per heavy atom. The molecule has 0 aromatic heterocycles. The van der Waals surface area contributed by atoms with E-state index in [2.05, 4.69) is 11.4 Å². The van der Waals surface area contributed by atoms with Crippen molar-refractivity contribution in [2.24, 2.45) is 0 Å². The van der Waals surface area contributed by atoms with Gasteiger partial charge in [-0.2, -0.15) is 0 Å². The molecule has 1 heterocycles. The van der Waals surface area contributed by atoms with Crippen LogP contribution in [0, 0.1) is 6.92 Å². The lowest BCUT2D eigenvalue weighted by molar-refractivity contribution is -0.120. The molecule has 2 aromatic carbocycles. The number of fused-ring (bicyclic) bond motifs is 1. The number of hydrogen-bond donors (Lipinski definition) is 1. The van der Waals surface area contributed by atoms with Gasteiger partial charge in [-0.15, -0.1) is 0 Å². The molecule has 3 rings (SSSR count). The predicted octanol–water partition coefficient (Wildman–Crippen LogP) is 3.09. The van der Waals surface area contributed by atoms with E-state index in [1.807, 2.05) is 43.3 Å². The van der Waals surface area contributed by atoms with E-state index in [1.165, 1.54) is 5.56 Å². The van der Waals surface area contributed by atoms with Crippen LogP contribution < -0.4 is 10.2 Å². The number of benzene rings is 2. The van der Waals surface area contributed by atoms with Crippen molar-refractivity contribution in [3.05, 3.63) is 65.2 Å². The molecule has 0 bridgehead atoms. The van der Waals surface area contributed by atoms with Crippen molar-refractivity contribution in [3.63, 3.8) is 0 Å². The summed E-state index contributed by atoms with van der Waals surface area (Å²) in [6.45, 7) is 4.38. The zero-order valence-corrected chi connectivity index (χ0v) is 14.1. The third-order valence-corrected chi connectivity index (χ3v) is 4.37. The smallest absolute Gasteiger partial charge is 0.251 e. The fourth-order valence-corrected chi connectivity index (χ4v) is 3.12. The van der Waals surface area contributed by atoms with Gasteiger partial charge in [0, 0.05) is 17.8 Å². The van der Waals surface area contributed by atoms with Crippen molar-refractivity contribution in [3.8, 4) is 0 Å². The summed E-state index contributed by atoms with van der Waals surface area (Å²) in [5.41, 5.74) is 3.75. The summed E-state index contributed by atoms with van der Waals surface area (Å²) < 4.78 is 0. The molecular weight excluding hydrogens is 300 g/mol. The van der Waals surface area contributed by atoms with Crippen molar-refractivity contribution in [2.45, 2.75) is 32.7 Å². The highest BCUT2D eigenvalue weighted by Crippen LogP contribution is 2.27. The maximum absolute atomic E-state index is 12.8. The minimum absolute atomic E-state index is 0.0665. The second-order valence-electron chi connectivity index (χ2n) is 6.29. The van der Waals surface area contributed by atoms with E-state index in [0.29, 0.717) is 12.1 Å².